The summed E-state index contributed by atoms with van der Waals surface area (Å²) >= 11 is 0. The molecule has 1 N–H and O–H groups in total. The van der Waals surface area contributed by atoms with Crippen molar-refractivity contribution < 1.29 is 9.90 Å². The van der Waals surface area contributed by atoms with Gasteiger partial charge in [-0.3, -0.25) is 4.79 Å². The van der Waals surface area contributed by atoms with Crippen molar-refractivity contribution in [1.82, 2.24) is 4.98 Å². The molecule has 166 valence electrons. The molecule has 33 heavy (non-hydrogen) atoms. The molecular formula is C30H29NO2. The smallest absolute Gasteiger partial charge is 0.137 e. The highest BCUT2D eigenvalue weighted by molar-refractivity contribution is 5.90. The molecule has 0 aliphatic heterocycles. The lowest BCUT2D eigenvalue weighted by Gasteiger charge is -2.10. The number of pyridine rings is 1. The zero-order chi connectivity index (χ0) is 23.0. The molecule has 3 aromatic carbocycles. The second-order valence-electron chi connectivity index (χ2n) is 8.37. The molecule has 0 spiro atoms. The first-order valence-corrected chi connectivity index (χ1v) is 11.5. The van der Waals surface area contributed by atoms with Gasteiger partial charge >= 0.3 is 0 Å². The van der Waals surface area contributed by atoms with Crippen molar-refractivity contribution >= 4 is 28.8 Å². The number of hydrogen-bond acceptors (Lipinski definition) is 3. The number of Topliss-reactive ketones (excluding diaryl/α,β-unsaturated/α-hetero) is 1. The van der Waals surface area contributed by atoms with Crippen molar-refractivity contribution in [3.8, 4) is 11.1 Å². The summed E-state index contributed by atoms with van der Waals surface area (Å²) in [5.41, 5.74) is 6.08. The fourth-order valence-electron chi connectivity index (χ4n) is 3.91. The summed E-state index contributed by atoms with van der Waals surface area (Å²) in [4.78, 5) is 17.3. The number of aliphatic hydroxyl groups excluding tert-OH is 1. The molecule has 1 atom stereocenters. The predicted octanol–water partition coefficient (Wildman–Crippen LogP) is 6.73. The highest BCUT2D eigenvalue weighted by atomic mass is 16.3. The molecule has 0 bridgehead atoms. The number of aliphatic hydroxyl groups is 1. The third kappa shape index (κ3) is 6.03. The van der Waals surface area contributed by atoms with E-state index in [2.05, 4.69) is 48.6 Å². The minimum Gasteiger partial charge on any atom is -0.393 e. The minimum atomic E-state index is -0.398. The number of ketones is 1. The Kier molecular flexibility index (Phi) is 7.43. The van der Waals surface area contributed by atoms with Crippen LogP contribution in [0.15, 0.2) is 84.9 Å². The number of rotatable bonds is 9. The van der Waals surface area contributed by atoms with Crippen molar-refractivity contribution in [3.05, 3.63) is 102 Å². The van der Waals surface area contributed by atoms with Gasteiger partial charge in [-0.25, -0.2) is 4.98 Å². The summed E-state index contributed by atoms with van der Waals surface area (Å²) in [6.07, 6.45) is 5.74. The van der Waals surface area contributed by atoms with Gasteiger partial charge in [-0.2, -0.15) is 0 Å². The second kappa shape index (κ2) is 10.8. The first kappa shape index (κ1) is 22.6. The molecule has 4 rings (SSSR count). The molecule has 0 amide bonds. The lowest BCUT2D eigenvalue weighted by atomic mass is 9.98. The van der Waals surface area contributed by atoms with Crippen LogP contribution in [0, 0.1) is 0 Å². The van der Waals surface area contributed by atoms with Crippen molar-refractivity contribution in [2.24, 2.45) is 0 Å². The Morgan fingerprint density at radius 3 is 2.39 bits per heavy atom. The van der Waals surface area contributed by atoms with E-state index < -0.39 is 6.10 Å². The number of nitrogens with zero attached hydrogens (tertiary/aromatic N) is 1. The average Bonchev–Trinajstić information content (AvgIpc) is 2.86. The van der Waals surface area contributed by atoms with Gasteiger partial charge in [-0.1, -0.05) is 79.7 Å². The molecule has 1 heterocycles. The molecule has 1 unspecified atom stereocenters. The van der Waals surface area contributed by atoms with Crippen molar-refractivity contribution in [2.45, 2.75) is 38.7 Å². The van der Waals surface area contributed by atoms with Crippen LogP contribution in [0.3, 0.4) is 0 Å². The highest BCUT2D eigenvalue weighted by Gasteiger charge is 2.11. The monoisotopic (exact) mass is 435 g/mol. The Balaban J connectivity index is 1.66. The molecule has 0 saturated heterocycles. The summed E-state index contributed by atoms with van der Waals surface area (Å²) < 4.78 is 0. The maximum atomic E-state index is 12.4. The van der Waals surface area contributed by atoms with Crippen LogP contribution < -0.4 is 0 Å². The van der Waals surface area contributed by atoms with Gasteiger partial charge < -0.3 is 5.11 Å². The SMILES string of the molecule is CCC(O)CCC(=O)Cc1ccc2nc(/C=C/c3ccccc3)c(-c3ccccc3)cc2c1. The number of benzene rings is 3. The first-order chi connectivity index (χ1) is 16.1. The minimum absolute atomic E-state index is 0.153. The number of fused-ring (bicyclic) bond motifs is 1. The van der Waals surface area contributed by atoms with Crippen molar-refractivity contribution in [3.63, 3.8) is 0 Å². The van der Waals surface area contributed by atoms with E-state index >= 15 is 0 Å². The summed E-state index contributed by atoms with van der Waals surface area (Å²) in [6.45, 7) is 1.93. The normalized spacial score (nSPS) is 12.3. The zero-order valence-electron chi connectivity index (χ0n) is 18.9. The quantitative estimate of drug-likeness (QED) is 0.317. The Bertz CT molecular complexity index is 1250. The number of carbonyl (C=O) groups is 1. The molecule has 1 aromatic heterocycles. The zero-order valence-corrected chi connectivity index (χ0v) is 18.9. The topological polar surface area (TPSA) is 50.2 Å². The van der Waals surface area contributed by atoms with E-state index in [1.54, 1.807) is 0 Å². The first-order valence-electron chi connectivity index (χ1n) is 11.5. The molecule has 4 aromatic rings. The van der Waals surface area contributed by atoms with E-state index in [4.69, 9.17) is 4.98 Å². The Labute approximate surface area is 195 Å². The van der Waals surface area contributed by atoms with E-state index in [-0.39, 0.29) is 5.78 Å². The third-order valence-corrected chi connectivity index (χ3v) is 5.86. The molecule has 0 radical (unpaired) electrons. The van der Waals surface area contributed by atoms with Gasteiger partial charge in [0.15, 0.2) is 0 Å². The third-order valence-electron chi connectivity index (χ3n) is 5.86. The lowest BCUT2D eigenvalue weighted by molar-refractivity contribution is -0.119. The average molecular weight is 436 g/mol. The Hall–Kier alpha value is -3.56. The summed E-state index contributed by atoms with van der Waals surface area (Å²) in [7, 11) is 0. The van der Waals surface area contributed by atoms with Crippen LogP contribution in [0.5, 0.6) is 0 Å². The molecule has 0 fully saturated rings. The number of aromatic nitrogens is 1. The second-order valence-corrected chi connectivity index (χ2v) is 8.37. The maximum Gasteiger partial charge on any atom is 0.137 e. The van der Waals surface area contributed by atoms with E-state index in [0.717, 1.165) is 38.9 Å². The summed E-state index contributed by atoms with van der Waals surface area (Å²) in [5.74, 6) is 0.153. The number of carbonyl (C=O) groups excluding carboxylic acids is 1. The van der Waals surface area contributed by atoms with Gasteiger partial charge in [0.1, 0.15) is 5.78 Å². The van der Waals surface area contributed by atoms with Crippen LogP contribution in [0.25, 0.3) is 34.2 Å². The Morgan fingerprint density at radius 2 is 1.67 bits per heavy atom. The molecule has 0 aliphatic rings. The van der Waals surface area contributed by atoms with Crippen LogP contribution in [-0.2, 0) is 11.2 Å². The van der Waals surface area contributed by atoms with Crippen LogP contribution in [-0.4, -0.2) is 22.0 Å². The van der Waals surface area contributed by atoms with Gasteiger partial charge in [0, 0.05) is 23.8 Å². The van der Waals surface area contributed by atoms with Crippen LogP contribution in [0.1, 0.15) is 43.0 Å². The van der Waals surface area contributed by atoms with Gasteiger partial charge in [-0.15, -0.1) is 0 Å². The largest absolute Gasteiger partial charge is 0.393 e. The fourth-order valence-corrected chi connectivity index (χ4v) is 3.91. The molecular weight excluding hydrogens is 406 g/mol. The predicted molar refractivity (Wildman–Crippen MR) is 137 cm³/mol. The maximum absolute atomic E-state index is 12.4. The molecule has 3 nitrogen and oxygen atoms in total. The standard InChI is InChI=1S/C30H29NO2/c1-2-26(32)15-16-27(33)20-23-14-17-29-25(19-23)21-28(24-11-7-4-8-12-24)30(31-29)18-13-22-9-5-3-6-10-22/h3-14,17-19,21,26,32H,2,15-16,20H2,1H3/b18-13+. The van der Waals surface area contributed by atoms with Gasteiger partial charge in [0.05, 0.1) is 17.3 Å². The summed E-state index contributed by atoms with van der Waals surface area (Å²) in [5, 5.41) is 10.7. The van der Waals surface area contributed by atoms with E-state index in [9.17, 15) is 9.90 Å². The molecule has 3 heteroatoms. The fraction of sp³-hybridized carbons (Fsp3) is 0.200. The molecule has 0 saturated carbocycles. The van der Waals surface area contributed by atoms with Crippen molar-refractivity contribution in [1.29, 1.82) is 0 Å². The number of hydrogen-bond donors (Lipinski definition) is 1. The van der Waals surface area contributed by atoms with Gasteiger partial charge in [0.25, 0.3) is 0 Å². The molecule has 0 aliphatic carbocycles. The Morgan fingerprint density at radius 1 is 0.939 bits per heavy atom. The van der Waals surface area contributed by atoms with Crippen LogP contribution >= 0.6 is 0 Å². The van der Waals surface area contributed by atoms with Gasteiger partial charge in [0.2, 0.25) is 0 Å². The van der Waals surface area contributed by atoms with Crippen LogP contribution in [0.4, 0.5) is 0 Å². The van der Waals surface area contributed by atoms with E-state index in [0.29, 0.717) is 25.7 Å². The van der Waals surface area contributed by atoms with E-state index in [1.165, 1.54) is 0 Å². The van der Waals surface area contributed by atoms with Crippen molar-refractivity contribution in [2.75, 3.05) is 0 Å². The lowest BCUT2D eigenvalue weighted by Crippen LogP contribution is -2.10. The highest BCUT2D eigenvalue weighted by Crippen LogP contribution is 2.29. The van der Waals surface area contributed by atoms with Crippen LogP contribution in [0.2, 0.25) is 0 Å². The van der Waals surface area contributed by atoms with Gasteiger partial charge in [-0.05, 0) is 53.8 Å². The summed E-state index contributed by atoms with van der Waals surface area (Å²) in [6, 6.07) is 28.7. The van der Waals surface area contributed by atoms with E-state index in [1.807, 2.05) is 55.5 Å².